The zero-order valence-corrected chi connectivity index (χ0v) is 9.12. The Kier molecular flexibility index (Phi) is 1.83. The van der Waals surface area contributed by atoms with Gasteiger partial charge in [0.2, 0.25) is 0 Å². The number of hydrogen-bond donors (Lipinski definition) is 1. The third-order valence-electron chi connectivity index (χ3n) is 3.00. The molecule has 0 radical (unpaired) electrons. The number of esters is 1. The maximum atomic E-state index is 11.7. The van der Waals surface area contributed by atoms with Crippen molar-refractivity contribution in [3.8, 4) is 0 Å². The Labute approximate surface area is 97.3 Å². The Balaban J connectivity index is 2.09. The zero-order valence-electron chi connectivity index (χ0n) is 8.37. The van der Waals surface area contributed by atoms with Crippen LogP contribution < -0.4 is 0 Å². The average Bonchev–Trinajstić information content (AvgIpc) is 2.97. The molecule has 0 amide bonds. The summed E-state index contributed by atoms with van der Waals surface area (Å²) in [7, 11) is 0. The molecule has 82 valence electrons. The topological polar surface area (TPSA) is 46.5 Å². The van der Waals surface area contributed by atoms with Gasteiger partial charge in [-0.25, -0.2) is 4.79 Å². The molecule has 0 aromatic heterocycles. The van der Waals surface area contributed by atoms with E-state index >= 15 is 0 Å². The van der Waals surface area contributed by atoms with Crippen LogP contribution in [0.5, 0.6) is 0 Å². The zero-order chi connectivity index (χ0) is 11.3. The monoisotopic (exact) mass is 236 g/mol. The molecule has 2 aliphatic rings. The van der Waals surface area contributed by atoms with Crippen LogP contribution in [0, 0.1) is 0 Å². The van der Waals surface area contributed by atoms with Crippen LogP contribution in [0.3, 0.4) is 0 Å². The van der Waals surface area contributed by atoms with Gasteiger partial charge in [-0.2, -0.15) is 0 Å². The number of rotatable bonds is 1. The van der Waals surface area contributed by atoms with E-state index in [0.717, 1.165) is 0 Å². The quantitative estimate of drug-likeness (QED) is 0.763. The van der Waals surface area contributed by atoms with Crippen LogP contribution in [0.2, 0.25) is 5.02 Å². The van der Waals surface area contributed by atoms with E-state index in [1.165, 1.54) is 0 Å². The molecule has 0 unspecified atom stereocenters. The number of aliphatic hydroxyl groups excluding tert-OH is 1. The second-order valence-electron chi connectivity index (χ2n) is 4.11. The molecule has 1 N–H and O–H groups in total. The summed E-state index contributed by atoms with van der Waals surface area (Å²) in [6, 6.07) is 6.78. The number of aliphatic hydroxyl groups is 1. The standard InChI is InChI=1S/C12H9ClO3/c13-8-3-1-7(2-4-8)9-10(14)12(5-6-12)16-11(9)15/h1-4,14H,5-6H2. The van der Waals surface area contributed by atoms with Crippen LogP contribution >= 0.6 is 11.6 Å². The third kappa shape index (κ3) is 1.25. The highest BCUT2D eigenvalue weighted by Gasteiger charge is 2.57. The van der Waals surface area contributed by atoms with E-state index in [0.29, 0.717) is 23.4 Å². The lowest BCUT2D eigenvalue weighted by Gasteiger charge is -2.04. The first-order valence-corrected chi connectivity index (χ1v) is 5.43. The predicted octanol–water partition coefficient (Wildman–Crippen LogP) is 2.70. The fourth-order valence-electron chi connectivity index (χ4n) is 1.92. The third-order valence-corrected chi connectivity index (χ3v) is 3.25. The second-order valence-corrected chi connectivity index (χ2v) is 4.55. The van der Waals surface area contributed by atoms with Crippen molar-refractivity contribution in [3.63, 3.8) is 0 Å². The number of benzene rings is 1. The molecular weight excluding hydrogens is 228 g/mol. The van der Waals surface area contributed by atoms with Crippen molar-refractivity contribution in [3.05, 3.63) is 40.6 Å². The molecule has 1 aliphatic heterocycles. The predicted molar refractivity (Wildman–Crippen MR) is 59.1 cm³/mol. The van der Waals surface area contributed by atoms with E-state index in [9.17, 15) is 9.90 Å². The minimum Gasteiger partial charge on any atom is -0.507 e. The fourth-order valence-corrected chi connectivity index (χ4v) is 2.05. The van der Waals surface area contributed by atoms with Crippen LogP contribution in [0.25, 0.3) is 5.57 Å². The molecule has 1 aromatic rings. The molecule has 3 nitrogen and oxygen atoms in total. The van der Waals surface area contributed by atoms with Gasteiger partial charge in [0.25, 0.3) is 0 Å². The Morgan fingerprint density at radius 1 is 1.25 bits per heavy atom. The van der Waals surface area contributed by atoms with E-state index in [2.05, 4.69) is 0 Å². The van der Waals surface area contributed by atoms with Crippen molar-refractivity contribution < 1.29 is 14.6 Å². The Bertz CT molecular complexity index is 498. The van der Waals surface area contributed by atoms with Crippen molar-refractivity contribution in [2.24, 2.45) is 0 Å². The van der Waals surface area contributed by atoms with Crippen molar-refractivity contribution in [1.29, 1.82) is 0 Å². The van der Waals surface area contributed by atoms with Gasteiger partial charge >= 0.3 is 5.97 Å². The van der Waals surface area contributed by atoms with E-state index in [-0.39, 0.29) is 11.3 Å². The Morgan fingerprint density at radius 2 is 1.88 bits per heavy atom. The van der Waals surface area contributed by atoms with Gasteiger partial charge in [-0.3, -0.25) is 0 Å². The summed E-state index contributed by atoms with van der Waals surface area (Å²) in [6.07, 6.45) is 1.42. The fraction of sp³-hybridized carbons (Fsp3) is 0.250. The minimum atomic E-state index is -0.702. The van der Waals surface area contributed by atoms with E-state index in [1.807, 2.05) is 0 Å². The summed E-state index contributed by atoms with van der Waals surface area (Å²) in [5, 5.41) is 10.6. The average molecular weight is 237 g/mol. The number of ether oxygens (including phenoxy) is 1. The number of carbonyl (C=O) groups is 1. The number of carbonyl (C=O) groups excluding carboxylic acids is 1. The van der Waals surface area contributed by atoms with Crippen molar-refractivity contribution in [2.75, 3.05) is 0 Å². The molecule has 0 atom stereocenters. The molecular formula is C12H9ClO3. The van der Waals surface area contributed by atoms with Crippen LogP contribution in [-0.4, -0.2) is 16.7 Å². The lowest BCUT2D eigenvalue weighted by atomic mass is 10.0. The van der Waals surface area contributed by atoms with Crippen LogP contribution in [0.15, 0.2) is 30.0 Å². The van der Waals surface area contributed by atoms with Gasteiger partial charge in [-0.1, -0.05) is 23.7 Å². The van der Waals surface area contributed by atoms with Gasteiger partial charge in [-0.05, 0) is 30.5 Å². The summed E-state index contributed by atoms with van der Waals surface area (Å²) in [5.74, 6) is -0.378. The van der Waals surface area contributed by atoms with Gasteiger partial charge in [0.15, 0.2) is 11.4 Å². The molecule has 1 aromatic carbocycles. The normalized spacial score (nSPS) is 21.4. The van der Waals surface area contributed by atoms with Crippen LogP contribution in [-0.2, 0) is 9.53 Å². The molecule has 4 heteroatoms. The molecule has 1 aliphatic carbocycles. The highest BCUT2D eigenvalue weighted by Crippen LogP contribution is 2.52. The molecule has 1 saturated carbocycles. The lowest BCUT2D eigenvalue weighted by Crippen LogP contribution is -2.11. The van der Waals surface area contributed by atoms with Crippen molar-refractivity contribution >= 4 is 23.1 Å². The van der Waals surface area contributed by atoms with E-state index < -0.39 is 11.6 Å². The summed E-state index contributed by atoms with van der Waals surface area (Å²) < 4.78 is 5.17. The maximum absolute atomic E-state index is 11.7. The van der Waals surface area contributed by atoms with E-state index in [4.69, 9.17) is 16.3 Å². The molecule has 0 bridgehead atoms. The Hall–Kier alpha value is -1.48. The molecule has 16 heavy (non-hydrogen) atoms. The van der Waals surface area contributed by atoms with Crippen molar-refractivity contribution in [2.45, 2.75) is 18.4 Å². The first kappa shape index (κ1) is 9.73. The maximum Gasteiger partial charge on any atom is 0.343 e. The molecule has 1 fully saturated rings. The van der Waals surface area contributed by atoms with Crippen molar-refractivity contribution in [1.82, 2.24) is 0 Å². The molecule has 1 spiro atoms. The van der Waals surface area contributed by atoms with Gasteiger partial charge in [0.05, 0.1) is 0 Å². The molecule has 0 saturated heterocycles. The highest BCUT2D eigenvalue weighted by atomic mass is 35.5. The van der Waals surface area contributed by atoms with Gasteiger partial charge in [0.1, 0.15) is 5.57 Å². The SMILES string of the molecule is O=C1OC2(CC2)C(O)=C1c1ccc(Cl)cc1. The summed E-state index contributed by atoms with van der Waals surface area (Å²) >= 11 is 5.76. The molecule has 1 heterocycles. The highest BCUT2D eigenvalue weighted by molar-refractivity contribution is 6.30. The largest absolute Gasteiger partial charge is 0.507 e. The second kappa shape index (κ2) is 3.01. The van der Waals surface area contributed by atoms with Gasteiger partial charge in [0, 0.05) is 5.02 Å². The summed E-state index contributed by atoms with van der Waals surface area (Å²) in [5.41, 5.74) is 0.219. The summed E-state index contributed by atoms with van der Waals surface area (Å²) in [4.78, 5) is 11.7. The minimum absolute atomic E-state index is 0.0693. The lowest BCUT2D eigenvalue weighted by molar-refractivity contribution is -0.140. The first-order chi connectivity index (χ1) is 7.62. The van der Waals surface area contributed by atoms with Crippen LogP contribution in [0.4, 0.5) is 0 Å². The van der Waals surface area contributed by atoms with Crippen LogP contribution in [0.1, 0.15) is 18.4 Å². The first-order valence-electron chi connectivity index (χ1n) is 5.05. The smallest absolute Gasteiger partial charge is 0.343 e. The molecule has 3 rings (SSSR count). The number of hydrogen-bond acceptors (Lipinski definition) is 3. The summed E-state index contributed by atoms with van der Waals surface area (Å²) in [6.45, 7) is 0. The van der Waals surface area contributed by atoms with E-state index in [1.54, 1.807) is 24.3 Å². The van der Waals surface area contributed by atoms with Gasteiger partial charge in [-0.15, -0.1) is 0 Å². The Morgan fingerprint density at radius 3 is 2.38 bits per heavy atom. The van der Waals surface area contributed by atoms with Gasteiger partial charge < -0.3 is 9.84 Å². The number of halogens is 1.